The summed E-state index contributed by atoms with van der Waals surface area (Å²) >= 11 is 1.35. The van der Waals surface area contributed by atoms with Gasteiger partial charge in [-0.15, -0.1) is 10.2 Å². The first-order chi connectivity index (χ1) is 17.0. The standard InChI is InChI=1S/C28H30N4O2S/c1-4-21(3)22-12-14-23(15-13-22)29-27(33)19-35-28-31-30-26(18-34-25-8-6-5-7-9-25)32(28)24-16-10-20(2)11-17-24/h5-17,21H,4,18-19H2,1-3H3,(H,29,33)/t21-/m0/s1. The number of carbonyl (C=O) groups is 1. The van der Waals surface area contributed by atoms with E-state index < -0.39 is 0 Å². The highest BCUT2D eigenvalue weighted by molar-refractivity contribution is 7.99. The number of ether oxygens (including phenoxy) is 1. The van der Waals surface area contributed by atoms with Gasteiger partial charge in [0.15, 0.2) is 11.0 Å². The van der Waals surface area contributed by atoms with Crippen molar-refractivity contribution in [2.24, 2.45) is 0 Å². The Morgan fingerprint density at radius 1 is 1.00 bits per heavy atom. The van der Waals surface area contributed by atoms with Gasteiger partial charge in [0.25, 0.3) is 0 Å². The number of carbonyl (C=O) groups excluding carboxylic acids is 1. The third-order valence-electron chi connectivity index (χ3n) is 5.81. The van der Waals surface area contributed by atoms with Crippen molar-refractivity contribution in [1.82, 2.24) is 14.8 Å². The van der Waals surface area contributed by atoms with E-state index >= 15 is 0 Å². The fourth-order valence-electron chi connectivity index (χ4n) is 3.56. The SMILES string of the molecule is CC[C@H](C)c1ccc(NC(=O)CSc2nnc(COc3ccccc3)n2-c2ccc(C)cc2)cc1. The van der Waals surface area contributed by atoms with E-state index in [1.165, 1.54) is 17.3 Å². The molecule has 180 valence electrons. The molecule has 1 N–H and O–H groups in total. The minimum Gasteiger partial charge on any atom is -0.486 e. The van der Waals surface area contributed by atoms with Crippen LogP contribution in [-0.2, 0) is 11.4 Å². The third-order valence-corrected chi connectivity index (χ3v) is 6.74. The smallest absolute Gasteiger partial charge is 0.234 e. The van der Waals surface area contributed by atoms with Crippen molar-refractivity contribution in [2.75, 3.05) is 11.1 Å². The predicted octanol–water partition coefficient (Wildman–Crippen LogP) is 6.40. The van der Waals surface area contributed by atoms with Crippen LogP contribution in [0.15, 0.2) is 84.0 Å². The van der Waals surface area contributed by atoms with Crippen LogP contribution in [0.25, 0.3) is 5.69 Å². The molecule has 0 unspecified atom stereocenters. The summed E-state index contributed by atoms with van der Waals surface area (Å²) in [7, 11) is 0. The van der Waals surface area contributed by atoms with Crippen LogP contribution in [0.1, 0.15) is 43.1 Å². The number of aryl methyl sites for hydroxylation is 1. The van der Waals surface area contributed by atoms with E-state index in [2.05, 4.69) is 41.5 Å². The molecule has 0 aliphatic rings. The number of hydrogen-bond donors (Lipinski definition) is 1. The van der Waals surface area contributed by atoms with Crippen molar-refractivity contribution in [1.29, 1.82) is 0 Å². The Kier molecular flexibility index (Phi) is 8.21. The van der Waals surface area contributed by atoms with Crippen LogP contribution in [0.3, 0.4) is 0 Å². The second kappa shape index (κ2) is 11.7. The van der Waals surface area contributed by atoms with Gasteiger partial charge in [0, 0.05) is 11.4 Å². The Morgan fingerprint density at radius 2 is 1.71 bits per heavy atom. The van der Waals surface area contributed by atoms with Crippen LogP contribution >= 0.6 is 11.8 Å². The highest BCUT2D eigenvalue weighted by atomic mass is 32.2. The molecule has 1 atom stereocenters. The Bertz CT molecular complexity index is 1240. The largest absolute Gasteiger partial charge is 0.486 e. The molecule has 0 saturated carbocycles. The lowest BCUT2D eigenvalue weighted by Crippen LogP contribution is -2.15. The van der Waals surface area contributed by atoms with E-state index in [1.54, 1.807) is 0 Å². The van der Waals surface area contributed by atoms with Crippen molar-refractivity contribution >= 4 is 23.4 Å². The summed E-state index contributed by atoms with van der Waals surface area (Å²) in [4.78, 5) is 12.7. The van der Waals surface area contributed by atoms with E-state index in [4.69, 9.17) is 4.74 Å². The molecular formula is C28H30N4O2S. The number of rotatable bonds is 10. The lowest BCUT2D eigenvalue weighted by molar-refractivity contribution is -0.113. The molecule has 0 saturated heterocycles. The van der Waals surface area contributed by atoms with Crippen molar-refractivity contribution in [3.8, 4) is 11.4 Å². The maximum atomic E-state index is 12.7. The predicted molar refractivity (Wildman–Crippen MR) is 141 cm³/mol. The van der Waals surface area contributed by atoms with Gasteiger partial charge >= 0.3 is 0 Å². The van der Waals surface area contributed by atoms with Crippen molar-refractivity contribution in [3.05, 3.63) is 95.8 Å². The third kappa shape index (κ3) is 6.51. The molecule has 1 heterocycles. The van der Waals surface area contributed by atoms with Crippen LogP contribution < -0.4 is 10.1 Å². The highest BCUT2D eigenvalue weighted by Gasteiger charge is 2.17. The second-order valence-electron chi connectivity index (χ2n) is 8.44. The first-order valence-corrected chi connectivity index (χ1v) is 12.7. The van der Waals surface area contributed by atoms with Gasteiger partial charge < -0.3 is 10.1 Å². The van der Waals surface area contributed by atoms with Gasteiger partial charge in [-0.25, -0.2) is 0 Å². The monoisotopic (exact) mass is 486 g/mol. The van der Waals surface area contributed by atoms with Gasteiger partial charge in [-0.05, 0) is 61.2 Å². The molecule has 0 spiro atoms. The zero-order chi connectivity index (χ0) is 24.6. The van der Waals surface area contributed by atoms with Crippen LogP contribution in [0, 0.1) is 6.92 Å². The van der Waals surface area contributed by atoms with Crippen LogP contribution in [0.4, 0.5) is 5.69 Å². The van der Waals surface area contributed by atoms with Crippen molar-refractivity contribution < 1.29 is 9.53 Å². The van der Waals surface area contributed by atoms with E-state index in [-0.39, 0.29) is 18.3 Å². The second-order valence-corrected chi connectivity index (χ2v) is 9.38. The molecular weight excluding hydrogens is 456 g/mol. The molecule has 1 amide bonds. The number of anilines is 1. The Balaban J connectivity index is 1.45. The molecule has 0 bridgehead atoms. The van der Waals surface area contributed by atoms with Gasteiger partial charge in [-0.1, -0.05) is 73.6 Å². The number of aromatic nitrogens is 3. The maximum Gasteiger partial charge on any atom is 0.234 e. The molecule has 0 fully saturated rings. The molecule has 35 heavy (non-hydrogen) atoms. The Morgan fingerprint density at radius 3 is 2.40 bits per heavy atom. The summed E-state index contributed by atoms with van der Waals surface area (Å²) in [6, 6.07) is 25.8. The van der Waals surface area contributed by atoms with E-state index in [1.807, 2.05) is 78.2 Å². The zero-order valence-corrected chi connectivity index (χ0v) is 21.1. The number of nitrogens with zero attached hydrogens (tertiary/aromatic N) is 3. The number of nitrogens with one attached hydrogen (secondary N) is 1. The number of benzene rings is 3. The van der Waals surface area contributed by atoms with Crippen LogP contribution in [-0.4, -0.2) is 26.4 Å². The minimum atomic E-state index is -0.0909. The number of amides is 1. The van der Waals surface area contributed by atoms with Gasteiger partial charge in [-0.3, -0.25) is 9.36 Å². The van der Waals surface area contributed by atoms with Gasteiger partial charge in [0.1, 0.15) is 12.4 Å². The van der Waals surface area contributed by atoms with Crippen LogP contribution in [0.5, 0.6) is 5.75 Å². The summed E-state index contributed by atoms with van der Waals surface area (Å²) in [6.45, 7) is 6.69. The summed E-state index contributed by atoms with van der Waals surface area (Å²) in [6.07, 6.45) is 1.09. The van der Waals surface area contributed by atoms with Crippen LogP contribution in [0.2, 0.25) is 0 Å². The molecule has 4 rings (SSSR count). The lowest BCUT2D eigenvalue weighted by Gasteiger charge is -2.12. The molecule has 0 aliphatic heterocycles. The molecule has 4 aromatic rings. The first-order valence-electron chi connectivity index (χ1n) is 11.7. The summed E-state index contributed by atoms with van der Waals surface area (Å²) in [5, 5.41) is 12.3. The summed E-state index contributed by atoms with van der Waals surface area (Å²) in [5.74, 6) is 2.06. The Labute approximate surface area is 210 Å². The van der Waals surface area contributed by atoms with Gasteiger partial charge in [0.05, 0.1) is 5.75 Å². The van der Waals surface area contributed by atoms with Gasteiger partial charge in [0.2, 0.25) is 5.91 Å². The zero-order valence-electron chi connectivity index (χ0n) is 20.3. The summed E-state index contributed by atoms with van der Waals surface area (Å²) < 4.78 is 7.86. The molecule has 0 aliphatic carbocycles. The number of thioether (sulfide) groups is 1. The normalized spacial score (nSPS) is 11.7. The van der Waals surface area contributed by atoms with E-state index in [0.29, 0.717) is 16.9 Å². The van der Waals surface area contributed by atoms with Crippen molar-refractivity contribution in [2.45, 2.75) is 44.9 Å². The molecule has 0 radical (unpaired) electrons. The lowest BCUT2D eigenvalue weighted by atomic mass is 9.99. The van der Waals surface area contributed by atoms with Crippen molar-refractivity contribution in [3.63, 3.8) is 0 Å². The Hall–Kier alpha value is -3.58. The van der Waals surface area contributed by atoms with E-state index in [0.717, 1.165) is 29.1 Å². The van der Waals surface area contributed by atoms with Gasteiger partial charge in [-0.2, -0.15) is 0 Å². The summed E-state index contributed by atoms with van der Waals surface area (Å²) in [5.41, 5.74) is 4.16. The average molecular weight is 487 g/mol. The molecule has 3 aromatic carbocycles. The fourth-order valence-corrected chi connectivity index (χ4v) is 4.33. The first kappa shape index (κ1) is 24.5. The average Bonchev–Trinajstić information content (AvgIpc) is 3.30. The molecule has 6 nitrogen and oxygen atoms in total. The highest BCUT2D eigenvalue weighted by Crippen LogP contribution is 2.24. The number of para-hydroxylation sites is 1. The minimum absolute atomic E-state index is 0.0909. The molecule has 7 heteroatoms. The molecule has 1 aromatic heterocycles. The maximum absolute atomic E-state index is 12.7. The number of hydrogen-bond acceptors (Lipinski definition) is 5. The quantitative estimate of drug-likeness (QED) is 0.263. The van der Waals surface area contributed by atoms with E-state index in [9.17, 15) is 4.79 Å². The fraction of sp³-hybridized carbons (Fsp3) is 0.250. The topological polar surface area (TPSA) is 69.0 Å².